The molecule has 4 rings (SSSR count). The summed E-state index contributed by atoms with van der Waals surface area (Å²) in [5.74, 6) is -7.65. The fourth-order valence-corrected chi connectivity index (χ4v) is 6.16. The average molecular weight is 762 g/mol. The molecule has 16 heteroatoms. The summed E-state index contributed by atoms with van der Waals surface area (Å²) < 4.78 is 66.2. The molecular weight excluding hydrogens is 714 g/mol. The maximum Gasteiger partial charge on any atom is 0.408 e. The first-order valence-corrected chi connectivity index (χ1v) is 17.8. The fourth-order valence-electron chi connectivity index (χ4n) is 6.16. The second kappa shape index (κ2) is 17.4. The van der Waals surface area contributed by atoms with E-state index in [1.807, 2.05) is 0 Å². The van der Waals surface area contributed by atoms with E-state index in [0.717, 1.165) is 23.8 Å². The molecule has 1 aliphatic carbocycles. The van der Waals surface area contributed by atoms with E-state index in [1.54, 1.807) is 65.0 Å². The fraction of sp³-hybridized carbons (Fsp3) is 0.526. The van der Waals surface area contributed by atoms with Gasteiger partial charge in [-0.05, 0) is 57.9 Å². The number of nitrogens with zero attached hydrogens (tertiary/aromatic N) is 2. The Bertz CT molecular complexity index is 1720. The van der Waals surface area contributed by atoms with Crippen molar-refractivity contribution in [2.75, 3.05) is 11.6 Å². The quantitative estimate of drug-likeness (QED) is 0.153. The molecule has 294 valence electrons. The number of rotatable bonds is 15. The van der Waals surface area contributed by atoms with Crippen molar-refractivity contribution in [2.24, 2.45) is 34.4 Å². The first kappa shape index (κ1) is 41.7. The van der Waals surface area contributed by atoms with Crippen LogP contribution in [-0.4, -0.2) is 66.2 Å². The number of alkyl halides is 3. The highest BCUT2D eigenvalue weighted by molar-refractivity contribution is 6.20. The van der Waals surface area contributed by atoms with Crippen LogP contribution < -0.4 is 21.3 Å². The lowest BCUT2D eigenvalue weighted by atomic mass is 9.82. The maximum atomic E-state index is 15.9. The van der Waals surface area contributed by atoms with Gasteiger partial charge in [-0.15, -0.1) is 0 Å². The second-order valence-corrected chi connectivity index (χ2v) is 14.9. The van der Waals surface area contributed by atoms with Gasteiger partial charge in [0, 0.05) is 29.4 Å². The van der Waals surface area contributed by atoms with Crippen molar-refractivity contribution in [2.45, 2.75) is 97.1 Å². The van der Waals surface area contributed by atoms with Gasteiger partial charge in [0.25, 0.3) is 5.91 Å². The van der Waals surface area contributed by atoms with Crippen molar-refractivity contribution in [3.8, 4) is 0 Å². The van der Waals surface area contributed by atoms with E-state index in [9.17, 15) is 37.1 Å². The van der Waals surface area contributed by atoms with E-state index in [0.29, 0.717) is 5.56 Å². The third kappa shape index (κ3) is 11.5. The molecule has 4 amide bonds. The molecular formula is C38H47F4N5O7. The monoisotopic (exact) mass is 761 g/mol. The molecule has 0 bridgehead atoms. The Labute approximate surface area is 311 Å². The number of amides is 4. The Morgan fingerprint density at radius 2 is 1.67 bits per heavy atom. The van der Waals surface area contributed by atoms with Crippen LogP contribution in [0.4, 0.5) is 28.0 Å². The number of hydrogen-bond donors (Lipinski definition) is 3. The van der Waals surface area contributed by atoms with E-state index < -0.39 is 96.9 Å². The van der Waals surface area contributed by atoms with Gasteiger partial charge in [-0.2, -0.15) is 13.2 Å². The molecule has 1 fully saturated rings. The molecule has 0 unspecified atom stereocenters. The molecule has 1 aliphatic heterocycles. The van der Waals surface area contributed by atoms with E-state index in [1.165, 1.54) is 12.1 Å². The van der Waals surface area contributed by atoms with Gasteiger partial charge in [0.2, 0.25) is 18.0 Å². The minimum Gasteiger partial charge on any atom is -0.444 e. The summed E-state index contributed by atoms with van der Waals surface area (Å²) in [6.45, 7) is 7.29. The SMILES string of the molecule is CC(C)[C@H](NC(=O)OC(C)(C)C)C(=O)OCN1C(=O)[C@@H](NC(=O)[C@H](CCCC(F)(F)F)[C@H](CC2CC2)C(N)=O)N=C(c2ccccc2)c2cccc(F)c21. The predicted molar refractivity (Wildman–Crippen MR) is 190 cm³/mol. The molecule has 0 spiro atoms. The van der Waals surface area contributed by atoms with E-state index in [-0.39, 0.29) is 35.7 Å². The van der Waals surface area contributed by atoms with Crippen LogP contribution in [0.15, 0.2) is 53.5 Å². The van der Waals surface area contributed by atoms with Crippen LogP contribution in [-0.2, 0) is 28.7 Å². The Hall–Kier alpha value is -5.02. The van der Waals surface area contributed by atoms with E-state index >= 15 is 4.39 Å². The van der Waals surface area contributed by atoms with Crippen LogP contribution >= 0.6 is 0 Å². The summed E-state index contributed by atoms with van der Waals surface area (Å²) >= 11 is 0. The van der Waals surface area contributed by atoms with Gasteiger partial charge < -0.3 is 25.8 Å². The number of hydrogen-bond acceptors (Lipinski definition) is 8. The number of benzodiazepines with no additional fused rings is 1. The summed E-state index contributed by atoms with van der Waals surface area (Å²) in [7, 11) is 0. The Kier molecular flexibility index (Phi) is 13.5. The normalized spacial score (nSPS) is 17.7. The van der Waals surface area contributed by atoms with Gasteiger partial charge in [-0.1, -0.05) is 69.2 Å². The van der Waals surface area contributed by atoms with Crippen LogP contribution in [0, 0.1) is 29.5 Å². The van der Waals surface area contributed by atoms with Gasteiger partial charge in [0.05, 0.1) is 11.4 Å². The van der Waals surface area contributed by atoms with Crippen molar-refractivity contribution < 1.29 is 51.0 Å². The highest BCUT2D eigenvalue weighted by Crippen LogP contribution is 2.39. The molecule has 0 saturated heterocycles. The lowest BCUT2D eigenvalue weighted by Crippen LogP contribution is -2.52. The lowest BCUT2D eigenvalue weighted by molar-refractivity contribution is -0.148. The number of alkyl carbamates (subject to hydrolysis) is 1. The van der Waals surface area contributed by atoms with Crippen LogP contribution in [0.2, 0.25) is 0 Å². The number of benzene rings is 2. The van der Waals surface area contributed by atoms with Crippen molar-refractivity contribution in [1.29, 1.82) is 0 Å². The molecule has 12 nitrogen and oxygen atoms in total. The topological polar surface area (TPSA) is 169 Å². The molecule has 54 heavy (non-hydrogen) atoms. The molecule has 0 radical (unpaired) electrons. The average Bonchev–Trinajstić information content (AvgIpc) is 3.91. The summed E-state index contributed by atoms with van der Waals surface area (Å²) in [6, 6.07) is 11.0. The van der Waals surface area contributed by atoms with Crippen LogP contribution in [0.5, 0.6) is 0 Å². The second-order valence-electron chi connectivity index (χ2n) is 14.9. The van der Waals surface area contributed by atoms with Crippen molar-refractivity contribution in [3.05, 3.63) is 65.5 Å². The third-order valence-corrected chi connectivity index (χ3v) is 8.97. The number of nitrogens with two attached hydrogens (primary N) is 1. The molecule has 1 saturated carbocycles. The van der Waals surface area contributed by atoms with Crippen molar-refractivity contribution >= 4 is 41.2 Å². The number of anilines is 1. The zero-order chi connectivity index (χ0) is 40.0. The number of nitrogens with one attached hydrogen (secondary N) is 2. The first-order chi connectivity index (χ1) is 25.3. The first-order valence-electron chi connectivity index (χ1n) is 17.8. The number of carbonyl (C=O) groups is 5. The zero-order valence-corrected chi connectivity index (χ0v) is 30.9. The number of aliphatic imine (C=N–C) groups is 1. The van der Waals surface area contributed by atoms with Crippen molar-refractivity contribution in [3.63, 3.8) is 0 Å². The summed E-state index contributed by atoms with van der Waals surface area (Å²) in [5.41, 5.74) is 5.07. The maximum absolute atomic E-state index is 15.9. The van der Waals surface area contributed by atoms with Gasteiger partial charge in [0.15, 0.2) is 6.73 Å². The van der Waals surface area contributed by atoms with Gasteiger partial charge >= 0.3 is 18.2 Å². The highest BCUT2D eigenvalue weighted by Gasteiger charge is 2.41. The minimum atomic E-state index is -4.52. The molecule has 0 aromatic heterocycles. The van der Waals surface area contributed by atoms with Crippen LogP contribution in [0.1, 0.15) is 84.3 Å². The zero-order valence-electron chi connectivity index (χ0n) is 30.9. The highest BCUT2D eigenvalue weighted by atomic mass is 19.4. The number of esters is 1. The largest absolute Gasteiger partial charge is 0.444 e. The van der Waals surface area contributed by atoms with Gasteiger partial charge in [-0.25, -0.2) is 19.0 Å². The Morgan fingerprint density at radius 1 is 1.00 bits per heavy atom. The number of fused-ring (bicyclic) bond motifs is 1. The Morgan fingerprint density at radius 3 is 2.24 bits per heavy atom. The Balaban J connectivity index is 1.72. The van der Waals surface area contributed by atoms with Crippen LogP contribution in [0.25, 0.3) is 0 Å². The number of ether oxygens (including phenoxy) is 2. The minimum absolute atomic E-state index is 0.0716. The summed E-state index contributed by atoms with van der Waals surface area (Å²) in [4.78, 5) is 72.4. The van der Waals surface area contributed by atoms with Gasteiger partial charge in [0.1, 0.15) is 17.5 Å². The van der Waals surface area contributed by atoms with Gasteiger partial charge in [-0.3, -0.25) is 19.3 Å². The van der Waals surface area contributed by atoms with Crippen molar-refractivity contribution in [1.82, 2.24) is 10.6 Å². The summed E-state index contributed by atoms with van der Waals surface area (Å²) in [5, 5.41) is 4.96. The van der Waals surface area contributed by atoms with E-state index in [2.05, 4.69) is 15.6 Å². The molecule has 4 atom stereocenters. The predicted octanol–water partition coefficient (Wildman–Crippen LogP) is 5.75. The molecule has 2 aromatic carbocycles. The van der Waals surface area contributed by atoms with E-state index in [4.69, 9.17) is 15.2 Å². The number of para-hydroxylation sites is 1. The lowest BCUT2D eigenvalue weighted by Gasteiger charge is -2.29. The number of primary amides is 1. The molecule has 2 aliphatic rings. The number of halogens is 4. The summed E-state index contributed by atoms with van der Waals surface area (Å²) in [6.07, 6.45) is -7.56. The molecule has 4 N–H and O–H groups in total. The molecule has 2 aromatic rings. The standard InChI is InChI=1S/C38H47F4N5O7/c1-21(2)28(45-36(52)54-37(3,4)5)35(51)53-20-47-30-25(13-9-15-27(30)39)29(23-11-7-6-8-12-23)44-32(34(47)50)46-33(49)24(14-10-18-38(40,41)42)26(31(43)48)19-22-16-17-22/h6-9,11-13,15,21-22,24,26,28,32H,10,14,16-20H2,1-5H3,(H2,43,48)(H,45,52)(H,46,49)/t24-,26+,28+,32-/m1/s1. The smallest absolute Gasteiger partial charge is 0.408 e. The third-order valence-electron chi connectivity index (χ3n) is 8.97. The number of carbonyl (C=O) groups excluding carboxylic acids is 5. The van der Waals surface area contributed by atoms with Crippen LogP contribution in [0.3, 0.4) is 0 Å². The molecule has 1 heterocycles.